The molecule has 1 fully saturated rings. The SMILES string of the molecule is COc1cc(N)c(C(=O)N(C)C2CCCC2)cc1OC. The first-order valence-corrected chi connectivity index (χ1v) is 6.87. The molecule has 0 atom stereocenters. The van der Waals surface area contributed by atoms with Crippen LogP contribution in [0, 0.1) is 0 Å². The highest BCUT2D eigenvalue weighted by atomic mass is 16.5. The summed E-state index contributed by atoms with van der Waals surface area (Å²) in [6.07, 6.45) is 4.50. The maximum Gasteiger partial charge on any atom is 0.256 e. The van der Waals surface area contributed by atoms with E-state index in [2.05, 4.69) is 0 Å². The molecule has 0 radical (unpaired) electrons. The van der Waals surface area contributed by atoms with Gasteiger partial charge in [-0.2, -0.15) is 0 Å². The molecule has 110 valence electrons. The molecule has 0 heterocycles. The Kier molecular flexibility index (Phi) is 4.37. The van der Waals surface area contributed by atoms with E-state index in [0.717, 1.165) is 12.8 Å². The number of methoxy groups -OCH3 is 2. The lowest BCUT2D eigenvalue weighted by Crippen LogP contribution is -2.35. The summed E-state index contributed by atoms with van der Waals surface area (Å²) < 4.78 is 10.4. The zero-order chi connectivity index (χ0) is 14.7. The second kappa shape index (κ2) is 6.03. The number of nitrogens with zero attached hydrogens (tertiary/aromatic N) is 1. The summed E-state index contributed by atoms with van der Waals surface area (Å²) in [4.78, 5) is 14.4. The molecular weight excluding hydrogens is 256 g/mol. The summed E-state index contributed by atoms with van der Waals surface area (Å²) in [6, 6.07) is 3.60. The molecule has 0 aromatic heterocycles. The van der Waals surface area contributed by atoms with Gasteiger partial charge >= 0.3 is 0 Å². The van der Waals surface area contributed by atoms with Crippen LogP contribution in [0.2, 0.25) is 0 Å². The number of hydrogen-bond acceptors (Lipinski definition) is 4. The third-order valence-corrected chi connectivity index (χ3v) is 3.98. The first-order valence-electron chi connectivity index (χ1n) is 6.87. The van der Waals surface area contributed by atoms with Crippen LogP contribution in [0.15, 0.2) is 12.1 Å². The number of nitrogens with two attached hydrogens (primary N) is 1. The molecule has 0 saturated heterocycles. The number of amides is 1. The standard InChI is InChI=1S/C15H22N2O3/c1-17(10-6-4-5-7-10)15(18)11-8-13(19-2)14(20-3)9-12(11)16/h8-10H,4-7,16H2,1-3H3. The van der Waals surface area contributed by atoms with Gasteiger partial charge in [-0.3, -0.25) is 4.79 Å². The van der Waals surface area contributed by atoms with Crippen LogP contribution in [0.5, 0.6) is 11.5 Å². The van der Waals surface area contributed by atoms with Crippen LogP contribution < -0.4 is 15.2 Å². The number of carbonyl (C=O) groups excluding carboxylic acids is 1. The zero-order valence-electron chi connectivity index (χ0n) is 12.3. The molecule has 0 spiro atoms. The molecule has 1 aromatic rings. The van der Waals surface area contributed by atoms with Gasteiger partial charge in [-0.15, -0.1) is 0 Å². The molecule has 1 aliphatic rings. The third kappa shape index (κ3) is 2.66. The van der Waals surface area contributed by atoms with Crippen molar-refractivity contribution in [3.8, 4) is 11.5 Å². The van der Waals surface area contributed by atoms with Gasteiger partial charge in [-0.25, -0.2) is 0 Å². The first kappa shape index (κ1) is 14.5. The van der Waals surface area contributed by atoms with Crippen molar-refractivity contribution >= 4 is 11.6 Å². The van der Waals surface area contributed by atoms with Crippen molar-refractivity contribution in [3.63, 3.8) is 0 Å². The second-order valence-electron chi connectivity index (χ2n) is 5.15. The maximum absolute atomic E-state index is 12.6. The van der Waals surface area contributed by atoms with Crippen LogP contribution in [0.4, 0.5) is 5.69 Å². The van der Waals surface area contributed by atoms with Crippen molar-refractivity contribution in [2.75, 3.05) is 27.0 Å². The first-order chi connectivity index (χ1) is 9.58. The predicted octanol–water partition coefficient (Wildman–Crippen LogP) is 2.30. The van der Waals surface area contributed by atoms with Crippen LogP contribution in [-0.2, 0) is 0 Å². The lowest BCUT2D eigenvalue weighted by Gasteiger charge is -2.25. The van der Waals surface area contributed by atoms with Crippen LogP contribution in [0.25, 0.3) is 0 Å². The van der Waals surface area contributed by atoms with Crippen molar-refractivity contribution < 1.29 is 14.3 Å². The van der Waals surface area contributed by atoms with Crippen LogP contribution >= 0.6 is 0 Å². The number of ether oxygens (including phenoxy) is 2. The largest absolute Gasteiger partial charge is 0.493 e. The number of rotatable bonds is 4. The van der Waals surface area contributed by atoms with Gasteiger partial charge < -0.3 is 20.1 Å². The summed E-state index contributed by atoms with van der Waals surface area (Å²) in [5.41, 5.74) is 6.86. The second-order valence-corrected chi connectivity index (χ2v) is 5.15. The van der Waals surface area contributed by atoms with Gasteiger partial charge in [-0.05, 0) is 18.9 Å². The Morgan fingerprint density at radius 3 is 2.30 bits per heavy atom. The van der Waals surface area contributed by atoms with Crippen molar-refractivity contribution in [1.82, 2.24) is 4.90 Å². The molecule has 1 aliphatic carbocycles. The molecule has 20 heavy (non-hydrogen) atoms. The number of benzene rings is 1. The third-order valence-electron chi connectivity index (χ3n) is 3.98. The van der Waals surface area contributed by atoms with E-state index >= 15 is 0 Å². The summed E-state index contributed by atoms with van der Waals surface area (Å²) in [7, 11) is 4.93. The average Bonchev–Trinajstić information content (AvgIpc) is 2.99. The zero-order valence-corrected chi connectivity index (χ0v) is 12.3. The van der Waals surface area contributed by atoms with Gasteiger partial charge in [0.05, 0.1) is 19.8 Å². The Labute approximate surface area is 119 Å². The van der Waals surface area contributed by atoms with E-state index < -0.39 is 0 Å². The summed E-state index contributed by atoms with van der Waals surface area (Å²) in [5, 5.41) is 0. The van der Waals surface area contributed by atoms with Gasteiger partial charge in [0.2, 0.25) is 0 Å². The Morgan fingerprint density at radius 2 is 1.75 bits per heavy atom. The summed E-state index contributed by atoms with van der Waals surface area (Å²) >= 11 is 0. The molecule has 2 rings (SSSR count). The van der Waals surface area contributed by atoms with E-state index in [0.29, 0.717) is 28.8 Å². The molecule has 5 nitrogen and oxygen atoms in total. The van der Waals surface area contributed by atoms with E-state index in [1.807, 2.05) is 7.05 Å². The van der Waals surface area contributed by atoms with Crippen molar-refractivity contribution in [1.29, 1.82) is 0 Å². The molecule has 0 aliphatic heterocycles. The van der Waals surface area contributed by atoms with Crippen LogP contribution in [-0.4, -0.2) is 38.1 Å². The Hall–Kier alpha value is -1.91. The highest BCUT2D eigenvalue weighted by molar-refractivity contribution is 6.00. The maximum atomic E-state index is 12.6. The van der Waals surface area contributed by atoms with Crippen molar-refractivity contribution in [2.45, 2.75) is 31.7 Å². The van der Waals surface area contributed by atoms with Crippen molar-refractivity contribution in [2.24, 2.45) is 0 Å². The van der Waals surface area contributed by atoms with Crippen molar-refractivity contribution in [3.05, 3.63) is 17.7 Å². The fourth-order valence-corrected chi connectivity index (χ4v) is 2.73. The Balaban J connectivity index is 2.29. The quantitative estimate of drug-likeness (QED) is 0.858. The Bertz CT molecular complexity index is 496. The van der Waals surface area contributed by atoms with E-state index in [1.54, 1.807) is 31.3 Å². The number of anilines is 1. The van der Waals surface area contributed by atoms with Gasteiger partial charge in [-0.1, -0.05) is 12.8 Å². The topological polar surface area (TPSA) is 64.8 Å². The molecule has 0 unspecified atom stereocenters. The smallest absolute Gasteiger partial charge is 0.256 e. The number of carbonyl (C=O) groups is 1. The average molecular weight is 278 g/mol. The molecule has 2 N–H and O–H groups in total. The number of nitrogen functional groups attached to an aromatic ring is 1. The van der Waals surface area contributed by atoms with Gasteiger partial charge in [0.1, 0.15) is 0 Å². The fraction of sp³-hybridized carbons (Fsp3) is 0.533. The molecular formula is C15H22N2O3. The fourth-order valence-electron chi connectivity index (χ4n) is 2.73. The minimum Gasteiger partial charge on any atom is -0.493 e. The van der Waals surface area contributed by atoms with Gasteiger partial charge in [0.25, 0.3) is 5.91 Å². The molecule has 0 bridgehead atoms. The van der Waals surface area contributed by atoms with Gasteiger partial charge in [0.15, 0.2) is 11.5 Å². The van der Waals surface area contributed by atoms with Crippen LogP contribution in [0.1, 0.15) is 36.0 Å². The minimum atomic E-state index is -0.0599. The molecule has 1 amide bonds. The summed E-state index contributed by atoms with van der Waals surface area (Å²) in [5.74, 6) is 0.991. The highest BCUT2D eigenvalue weighted by Crippen LogP contribution is 2.33. The molecule has 1 aromatic carbocycles. The molecule has 1 saturated carbocycles. The van der Waals surface area contributed by atoms with E-state index in [-0.39, 0.29) is 5.91 Å². The van der Waals surface area contributed by atoms with Gasteiger partial charge in [0, 0.05) is 24.8 Å². The van der Waals surface area contributed by atoms with E-state index in [4.69, 9.17) is 15.2 Å². The lowest BCUT2D eigenvalue weighted by molar-refractivity contribution is 0.0736. The van der Waals surface area contributed by atoms with E-state index in [1.165, 1.54) is 12.8 Å². The lowest BCUT2D eigenvalue weighted by atomic mass is 10.1. The summed E-state index contributed by atoms with van der Waals surface area (Å²) in [6.45, 7) is 0. The molecule has 5 heteroatoms. The van der Waals surface area contributed by atoms with Crippen LogP contribution in [0.3, 0.4) is 0 Å². The van der Waals surface area contributed by atoms with E-state index in [9.17, 15) is 4.79 Å². The predicted molar refractivity (Wildman–Crippen MR) is 78.3 cm³/mol. The highest BCUT2D eigenvalue weighted by Gasteiger charge is 2.26. The number of hydrogen-bond donors (Lipinski definition) is 1. The Morgan fingerprint density at radius 1 is 1.20 bits per heavy atom. The minimum absolute atomic E-state index is 0.0599. The monoisotopic (exact) mass is 278 g/mol. The normalized spacial score (nSPS) is 15.2.